The molecule has 0 unspecified atom stereocenters. The van der Waals surface area contributed by atoms with Crippen LogP contribution < -0.4 is 5.32 Å². The van der Waals surface area contributed by atoms with Crippen LogP contribution in [0.2, 0.25) is 5.02 Å². The van der Waals surface area contributed by atoms with Gasteiger partial charge in [-0.3, -0.25) is 4.79 Å². The number of aromatic amines is 1. The second kappa shape index (κ2) is 6.91. The Balaban J connectivity index is 1.63. The molecule has 0 saturated heterocycles. The quantitative estimate of drug-likeness (QED) is 0.770. The van der Waals surface area contributed by atoms with Gasteiger partial charge < -0.3 is 10.4 Å². The molecule has 0 fully saturated rings. The minimum Gasteiger partial charge on any atom is -0.383 e. The van der Waals surface area contributed by atoms with Crippen molar-refractivity contribution in [2.24, 2.45) is 5.92 Å². The van der Waals surface area contributed by atoms with Crippen molar-refractivity contribution < 1.29 is 9.90 Å². The molecule has 128 valence electrons. The van der Waals surface area contributed by atoms with E-state index >= 15 is 0 Å². The van der Waals surface area contributed by atoms with Gasteiger partial charge in [0.1, 0.15) is 5.60 Å². The Morgan fingerprint density at radius 2 is 2.08 bits per heavy atom. The zero-order valence-electron chi connectivity index (χ0n) is 13.6. The summed E-state index contributed by atoms with van der Waals surface area (Å²) in [7, 11) is 0. The van der Waals surface area contributed by atoms with Crippen LogP contribution in [0, 0.1) is 5.92 Å². The smallest absolute Gasteiger partial charge is 0.223 e. The van der Waals surface area contributed by atoms with E-state index in [4.69, 9.17) is 11.6 Å². The first-order valence-corrected chi connectivity index (χ1v) is 8.54. The summed E-state index contributed by atoms with van der Waals surface area (Å²) in [6.07, 6.45) is 2.58. The summed E-state index contributed by atoms with van der Waals surface area (Å²) in [6.45, 7) is 2.06. The van der Waals surface area contributed by atoms with E-state index in [1.54, 1.807) is 24.3 Å². The number of aliphatic hydroxyl groups is 1. The van der Waals surface area contributed by atoms with Crippen molar-refractivity contribution in [1.29, 1.82) is 0 Å². The molecule has 0 spiro atoms. The van der Waals surface area contributed by atoms with Gasteiger partial charge in [0.15, 0.2) is 0 Å². The average molecular weight is 349 g/mol. The molecular weight excluding hydrogens is 328 g/mol. The number of hydrogen-bond donors (Lipinski definition) is 3. The maximum Gasteiger partial charge on any atom is 0.223 e. The number of aryl methyl sites for hydroxylation is 1. The molecule has 0 radical (unpaired) electrons. The lowest BCUT2D eigenvalue weighted by molar-refractivity contribution is -0.126. The Hall–Kier alpha value is -1.92. The second-order valence-electron chi connectivity index (χ2n) is 6.27. The fourth-order valence-electron chi connectivity index (χ4n) is 3.08. The Bertz CT molecular complexity index is 716. The van der Waals surface area contributed by atoms with E-state index < -0.39 is 5.60 Å². The summed E-state index contributed by atoms with van der Waals surface area (Å²) in [6, 6.07) is 7.07. The number of H-pyrrole nitrogens is 1. The summed E-state index contributed by atoms with van der Waals surface area (Å²) in [5.41, 5.74) is 1.46. The maximum absolute atomic E-state index is 12.5. The number of benzene rings is 1. The van der Waals surface area contributed by atoms with E-state index in [0.717, 1.165) is 29.8 Å². The van der Waals surface area contributed by atoms with Gasteiger partial charge in [0, 0.05) is 17.4 Å². The predicted molar refractivity (Wildman–Crippen MR) is 90.5 cm³/mol. The van der Waals surface area contributed by atoms with Gasteiger partial charge in [0.05, 0.1) is 17.9 Å². The fraction of sp³-hybridized carbons (Fsp3) is 0.471. The van der Waals surface area contributed by atoms with E-state index in [-0.39, 0.29) is 18.4 Å². The number of hydrogen-bond acceptors (Lipinski definition) is 4. The van der Waals surface area contributed by atoms with Gasteiger partial charge in [-0.2, -0.15) is 15.4 Å². The minimum absolute atomic E-state index is 0.0514. The highest BCUT2D eigenvalue weighted by Crippen LogP contribution is 2.27. The van der Waals surface area contributed by atoms with Crippen molar-refractivity contribution >= 4 is 17.5 Å². The number of amides is 1. The maximum atomic E-state index is 12.5. The summed E-state index contributed by atoms with van der Waals surface area (Å²) in [4.78, 5) is 12.5. The van der Waals surface area contributed by atoms with Crippen LogP contribution >= 0.6 is 11.6 Å². The molecule has 2 atom stereocenters. The molecule has 2 aromatic rings. The molecule has 1 aliphatic carbocycles. The normalized spacial score (nSPS) is 19.4. The lowest BCUT2D eigenvalue weighted by atomic mass is 9.88. The molecular formula is C17H21ClN4O2. The Labute approximate surface area is 145 Å². The largest absolute Gasteiger partial charge is 0.383 e. The topological polar surface area (TPSA) is 90.9 Å². The fourth-order valence-corrected chi connectivity index (χ4v) is 3.20. The monoisotopic (exact) mass is 348 g/mol. The van der Waals surface area contributed by atoms with Gasteiger partial charge in [0.25, 0.3) is 0 Å². The lowest BCUT2D eigenvalue weighted by Crippen LogP contribution is -2.43. The molecule has 0 saturated carbocycles. The van der Waals surface area contributed by atoms with Crippen LogP contribution in [0.4, 0.5) is 0 Å². The first-order chi connectivity index (χ1) is 11.5. The molecule has 6 nitrogen and oxygen atoms in total. The third-order valence-corrected chi connectivity index (χ3v) is 5.02. The molecule has 0 bridgehead atoms. The van der Waals surface area contributed by atoms with Gasteiger partial charge in [-0.15, -0.1) is 0 Å². The molecule has 1 amide bonds. The van der Waals surface area contributed by atoms with Crippen molar-refractivity contribution in [2.75, 3.05) is 6.54 Å². The molecule has 1 aromatic carbocycles. The highest BCUT2D eigenvalue weighted by Gasteiger charge is 2.31. The third kappa shape index (κ3) is 3.44. The SMILES string of the molecule is CC[C@@](O)(CNC(=O)[C@H]1CCc2n[nH]nc2C1)c1ccc(Cl)cc1. The number of halogens is 1. The molecule has 3 rings (SSSR count). The number of carbonyl (C=O) groups is 1. The van der Waals surface area contributed by atoms with Crippen LogP contribution in [-0.4, -0.2) is 33.0 Å². The van der Waals surface area contributed by atoms with Gasteiger partial charge in [-0.1, -0.05) is 30.7 Å². The average Bonchev–Trinajstić information content (AvgIpc) is 3.07. The first kappa shape index (κ1) is 16.9. The molecule has 24 heavy (non-hydrogen) atoms. The standard InChI is InChI=1S/C17H21ClN4O2/c1-2-17(24,12-4-6-13(18)7-5-12)10-19-16(23)11-3-8-14-15(9-11)21-22-20-14/h4-7,11,24H,2-3,8-10H2,1H3,(H,19,23)(H,20,21,22)/t11-,17+/m0/s1. The number of nitrogens with one attached hydrogen (secondary N) is 2. The zero-order chi connectivity index (χ0) is 17.2. The van der Waals surface area contributed by atoms with Gasteiger partial charge in [-0.25, -0.2) is 0 Å². The van der Waals surface area contributed by atoms with Gasteiger partial charge >= 0.3 is 0 Å². The van der Waals surface area contributed by atoms with Crippen LogP contribution in [0.3, 0.4) is 0 Å². The molecule has 1 aromatic heterocycles. The lowest BCUT2D eigenvalue weighted by Gasteiger charge is -2.29. The van der Waals surface area contributed by atoms with E-state index in [9.17, 15) is 9.90 Å². The van der Waals surface area contributed by atoms with Crippen molar-refractivity contribution in [1.82, 2.24) is 20.7 Å². The zero-order valence-corrected chi connectivity index (χ0v) is 14.3. The minimum atomic E-state index is -1.10. The number of nitrogens with zero attached hydrogens (tertiary/aromatic N) is 2. The summed E-state index contributed by atoms with van der Waals surface area (Å²) >= 11 is 5.90. The van der Waals surface area contributed by atoms with Crippen LogP contribution in [-0.2, 0) is 23.2 Å². The number of rotatable bonds is 5. The van der Waals surface area contributed by atoms with Crippen LogP contribution in [0.15, 0.2) is 24.3 Å². The van der Waals surface area contributed by atoms with E-state index in [2.05, 4.69) is 20.7 Å². The van der Waals surface area contributed by atoms with Crippen molar-refractivity contribution in [3.05, 3.63) is 46.2 Å². The molecule has 7 heteroatoms. The predicted octanol–water partition coefficient (Wildman–Crippen LogP) is 1.98. The van der Waals surface area contributed by atoms with Gasteiger partial charge in [0.2, 0.25) is 5.91 Å². The van der Waals surface area contributed by atoms with E-state index in [1.165, 1.54) is 0 Å². The highest BCUT2D eigenvalue weighted by atomic mass is 35.5. The Morgan fingerprint density at radius 3 is 2.79 bits per heavy atom. The Kier molecular flexibility index (Phi) is 4.87. The number of fused-ring (bicyclic) bond motifs is 1. The summed E-state index contributed by atoms with van der Waals surface area (Å²) in [5.74, 6) is -0.182. The van der Waals surface area contributed by atoms with Crippen LogP contribution in [0.5, 0.6) is 0 Å². The third-order valence-electron chi connectivity index (χ3n) is 4.76. The summed E-state index contributed by atoms with van der Waals surface area (Å²) in [5, 5.41) is 25.2. The number of carbonyl (C=O) groups excluding carboxylic acids is 1. The first-order valence-electron chi connectivity index (χ1n) is 8.16. The Morgan fingerprint density at radius 1 is 1.38 bits per heavy atom. The second-order valence-corrected chi connectivity index (χ2v) is 6.70. The highest BCUT2D eigenvalue weighted by molar-refractivity contribution is 6.30. The van der Waals surface area contributed by atoms with Crippen molar-refractivity contribution in [3.63, 3.8) is 0 Å². The molecule has 3 N–H and O–H groups in total. The summed E-state index contributed by atoms with van der Waals surface area (Å²) < 4.78 is 0. The molecule has 1 aliphatic rings. The van der Waals surface area contributed by atoms with Crippen LogP contribution in [0.25, 0.3) is 0 Å². The van der Waals surface area contributed by atoms with Gasteiger partial charge in [-0.05, 0) is 37.0 Å². The number of aromatic nitrogens is 3. The van der Waals surface area contributed by atoms with Crippen molar-refractivity contribution in [3.8, 4) is 0 Å². The molecule has 0 aliphatic heterocycles. The van der Waals surface area contributed by atoms with E-state index in [0.29, 0.717) is 17.9 Å². The van der Waals surface area contributed by atoms with Crippen molar-refractivity contribution in [2.45, 2.75) is 38.2 Å². The molecule has 1 heterocycles. The van der Waals surface area contributed by atoms with Crippen LogP contribution in [0.1, 0.15) is 36.7 Å². The van der Waals surface area contributed by atoms with E-state index in [1.807, 2.05) is 6.92 Å².